The van der Waals surface area contributed by atoms with Crippen molar-refractivity contribution >= 4 is 0 Å². The van der Waals surface area contributed by atoms with Crippen LogP contribution in [0.2, 0.25) is 0 Å². The van der Waals surface area contributed by atoms with Crippen LogP contribution in [0.3, 0.4) is 0 Å². The van der Waals surface area contributed by atoms with E-state index < -0.39 is 0 Å². The number of hydrogen-bond donors (Lipinski definition) is 1. The van der Waals surface area contributed by atoms with Crippen LogP contribution in [0.25, 0.3) is 0 Å². The molecule has 1 saturated heterocycles. The first kappa shape index (κ1) is 13.5. The second-order valence-corrected chi connectivity index (χ2v) is 5.30. The molecular formula is C15H24N2O. The number of hydrogen-bond acceptors (Lipinski definition) is 3. The van der Waals surface area contributed by atoms with Crippen molar-refractivity contribution in [2.24, 2.45) is 5.73 Å². The number of nitrogens with two attached hydrogens (primary N) is 1. The molecule has 100 valence electrons. The average molecular weight is 248 g/mol. The summed E-state index contributed by atoms with van der Waals surface area (Å²) in [5.41, 5.74) is 10.2. The molecule has 3 heteroatoms. The summed E-state index contributed by atoms with van der Waals surface area (Å²) < 4.78 is 5.43. The van der Waals surface area contributed by atoms with Crippen molar-refractivity contribution in [2.75, 3.05) is 26.3 Å². The van der Waals surface area contributed by atoms with E-state index in [9.17, 15) is 0 Å². The summed E-state index contributed by atoms with van der Waals surface area (Å²) in [6, 6.07) is 7.11. The molecule has 0 amide bonds. The molecule has 0 spiro atoms. The van der Waals surface area contributed by atoms with Crippen molar-refractivity contribution in [3.05, 3.63) is 34.9 Å². The van der Waals surface area contributed by atoms with Gasteiger partial charge in [-0.2, -0.15) is 0 Å². The van der Waals surface area contributed by atoms with E-state index in [1.807, 2.05) is 0 Å². The van der Waals surface area contributed by atoms with E-state index in [-0.39, 0.29) is 6.04 Å². The lowest BCUT2D eigenvalue weighted by Gasteiger charge is -2.37. The lowest BCUT2D eigenvalue weighted by molar-refractivity contribution is 0.0116. The minimum atomic E-state index is 0.130. The Morgan fingerprint density at radius 3 is 2.39 bits per heavy atom. The maximum Gasteiger partial charge on any atom is 0.0594 e. The predicted molar refractivity (Wildman–Crippen MR) is 74.7 cm³/mol. The Labute approximate surface area is 110 Å². The molecular weight excluding hydrogens is 224 g/mol. The summed E-state index contributed by atoms with van der Waals surface area (Å²) in [6.45, 7) is 9.97. The Bertz CT molecular complexity index is 397. The molecule has 1 aliphatic heterocycles. The van der Waals surface area contributed by atoms with Gasteiger partial charge in [-0.3, -0.25) is 4.90 Å². The molecule has 1 aromatic carbocycles. The quantitative estimate of drug-likeness (QED) is 0.889. The van der Waals surface area contributed by atoms with Crippen LogP contribution in [0.15, 0.2) is 18.2 Å². The summed E-state index contributed by atoms with van der Waals surface area (Å²) in [6.07, 6.45) is 0. The van der Waals surface area contributed by atoms with Gasteiger partial charge in [0.15, 0.2) is 0 Å². The molecule has 18 heavy (non-hydrogen) atoms. The SMILES string of the molecule is Cc1ccc(C(C(C)N)N2CCOCC2)cc1C. The number of ether oxygens (including phenoxy) is 1. The van der Waals surface area contributed by atoms with E-state index in [1.54, 1.807) is 0 Å². The smallest absolute Gasteiger partial charge is 0.0594 e. The van der Waals surface area contributed by atoms with Gasteiger partial charge in [-0.15, -0.1) is 0 Å². The second-order valence-electron chi connectivity index (χ2n) is 5.30. The predicted octanol–water partition coefficient (Wildman–Crippen LogP) is 2.02. The Hall–Kier alpha value is -0.900. The Morgan fingerprint density at radius 1 is 1.17 bits per heavy atom. The van der Waals surface area contributed by atoms with Gasteiger partial charge in [0.25, 0.3) is 0 Å². The third kappa shape index (κ3) is 2.91. The topological polar surface area (TPSA) is 38.5 Å². The number of nitrogens with zero attached hydrogens (tertiary/aromatic N) is 1. The van der Waals surface area contributed by atoms with E-state index in [0.29, 0.717) is 6.04 Å². The molecule has 0 bridgehead atoms. The Morgan fingerprint density at radius 2 is 1.83 bits per heavy atom. The van der Waals surface area contributed by atoms with Crippen LogP contribution < -0.4 is 5.73 Å². The summed E-state index contributed by atoms with van der Waals surface area (Å²) in [5.74, 6) is 0. The molecule has 1 aromatic rings. The highest BCUT2D eigenvalue weighted by Crippen LogP contribution is 2.26. The largest absolute Gasteiger partial charge is 0.379 e. The molecule has 2 unspecified atom stereocenters. The molecule has 0 aromatic heterocycles. The number of morpholine rings is 1. The summed E-state index contributed by atoms with van der Waals surface area (Å²) >= 11 is 0. The molecule has 2 rings (SSSR count). The van der Waals surface area contributed by atoms with Crippen LogP contribution in [0.1, 0.15) is 29.7 Å². The van der Waals surface area contributed by atoms with Gasteiger partial charge in [0.2, 0.25) is 0 Å². The second kappa shape index (κ2) is 5.83. The van der Waals surface area contributed by atoms with Crippen LogP contribution in [0, 0.1) is 13.8 Å². The lowest BCUT2D eigenvalue weighted by Crippen LogP contribution is -2.45. The van der Waals surface area contributed by atoms with Crippen molar-refractivity contribution in [3.63, 3.8) is 0 Å². The highest BCUT2D eigenvalue weighted by Gasteiger charge is 2.25. The van der Waals surface area contributed by atoms with Crippen LogP contribution in [0.5, 0.6) is 0 Å². The zero-order chi connectivity index (χ0) is 13.1. The van der Waals surface area contributed by atoms with Crippen molar-refractivity contribution in [3.8, 4) is 0 Å². The van der Waals surface area contributed by atoms with Crippen molar-refractivity contribution in [1.29, 1.82) is 0 Å². The third-order valence-corrected chi connectivity index (χ3v) is 3.81. The molecule has 0 aliphatic carbocycles. The fraction of sp³-hybridized carbons (Fsp3) is 0.600. The number of aryl methyl sites for hydroxylation is 2. The van der Waals surface area contributed by atoms with Crippen molar-refractivity contribution in [1.82, 2.24) is 4.90 Å². The summed E-state index contributed by atoms with van der Waals surface area (Å²) in [4.78, 5) is 2.44. The first-order valence-corrected chi connectivity index (χ1v) is 6.74. The van der Waals surface area contributed by atoms with Crippen LogP contribution in [0.4, 0.5) is 0 Å². The Kier molecular flexibility index (Phi) is 4.38. The molecule has 1 fully saturated rings. The minimum Gasteiger partial charge on any atom is -0.379 e. The molecule has 1 heterocycles. The van der Waals surface area contributed by atoms with E-state index in [2.05, 4.69) is 43.9 Å². The monoisotopic (exact) mass is 248 g/mol. The fourth-order valence-corrected chi connectivity index (χ4v) is 2.65. The average Bonchev–Trinajstić information content (AvgIpc) is 2.35. The summed E-state index contributed by atoms with van der Waals surface area (Å²) in [7, 11) is 0. The molecule has 1 aliphatic rings. The van der Waals surface area contributed by atoms with Gasteiger partial charge >= 0.3 is 0 Å². The van der Waals surface area contributed by atoms with E-state index >= 15 is 0 Å². The van der Waals surface area contributed by atoms with Crippen LogP contribution in [-0.2, 0) is 4.74 Å². The number of benzene rings is 1. The molecule has 0 radical (unpaired) electrons. The van der Waals surface area contributed by atoms with Gasteiger partial charge in [-0.05, 0) is 37.5 Å². The first-order valence-electron chi connectivity index (χ1n) is 6.74. The molecule has 3 nitrogen and oxygen atoms in total. The van der Waals surface area contributed by atoms with Gasteiger partial charge in [-0.25, -0.2) is 0 Å². The molecule has 0 saturated carbocycles. The highest BCUT2D eigenvalue weighted by atomic mass is 16.5. The van der Waals surface area contributed by atoms with Gasteiger partial charge in [-0.1, -0.05) is 18.2 Å². The molecule has 2 N–H and O–H groups in total. The first-order chi connectivity index (χ1) is 8.59. The van der Waals surface area contributed by atoms with Gasteiger partial charge in [0.1, 0.15) is 0 Å². The van der Waals surface area contributed by atoms with Gasteiger partial charge in [0, 0.05) is 25.2 Å². The minimum absolute atomic E-state index is 0.130. The molecule has 2 atom stereocenters. The third-order valence-electron chi connectivity index (χ3n) is 3.81. The number of rotatable bonds is 3. The van der Waals surface area contributed by atoms with E-state index in [1.165, 1.54) is 16.7 Å². The van der Waals surface area contributed by atoms with E-state index in [0.717, 1.165) is 26.3 Å². The van der Waals surface area contributed by atoms with Crippen molar-refractivity contribution < 1.29 is 4.74 Å². The van der Waals surface area contributed by atoms with Crippen molar-refractivity contribution in [2.45, 2.75) is 32.9 Å². The summed E-state index contributed by atoms with van der Waals surface area (Å²) in [5, 5.41) is 0. The van der Waals surface area contributed by atoms with E-state index in [4.69, 9.17) is 10.5 Å². The zero-order valence-electron chi connectivity index (χ0n) is 11.6. The fourth-order valence-electron chi connectivity index (χ4n) is 2.65. The van der Waals surface area contributed by atoms with Crippen LogP contribution in [-0.4, -0.2) is 37.2 Å². The maximum atomic E-state index is 6.21. The lowest BCUT2D eigenvalue weighted by atomic mass is 9.95. The maximum absolute atomic E-state index is 6.21. The van der Waals surface area contributed by atoms with Gasteiger partial charge in [0.05, 0.1) is 13.2 Å². The van der Waals surface area contributed by atoms with Gasteiger partial charge < -0.3 is 10.5 Å². The zero-order valence-corrected chi connectivity index (χ0v) is 11.6. The Balaban J connectivity index is 2.25. The standard InChI is InChI=1S/C15H24N2O/c1-11-4-5-14(10-12(11)2)15(13(3)16)17-6-8-18-9-7-17/h4-5,10,13,15H,6-9,16H2,1-3H3. The van der Waals surface area contributed by atoms with Crippen LogP contribution >= 0.6 is 0 Å². The highest BCUT2D eigenvalue weighted by molar-refractivity contribution is 5.32. The normalized spacial score (nSPS) is 20.7.